The monoisotopic (exact) mass is 433 g/mol. The molecule has 1 amide bonds. The second kappa shape index (κ2) is 9.86. The molecule has 1 aromatic carbocycles. The minimum atomic E-state index is -0.603. The summed E-state index contributed by atoms with van der Waals surface area (Å²) in [5.41, 5.74) is 0.0889. The first kappa shape index (κ1) is 23.6. The number of carbonyl (C=O) groups excluding carboxylic acids is 1. The predicted molar refractivity (Wildman–Crippen MR) is 116 cm³/mol. The highest BCUT2D eigenvalue weighted by Crippen LogP contribution is 2.36. The number of alkyl carbamates (subject to hydrolysis) is 1. The topological polar surface area (TPSA) is 104 Å². The molecule has 2 unspecified atom stereocenters. The van der Waals surface area contributed by atoms with Crippen LogP contribution in [0.3, 0.4) is 0 Å². The van der Waals surface area contributed by atoms with Crippen LogP contribution in [0.15, 0.2) is 18.3 Å². The number of aromatic hydroxyl groups is 1. The van der Waals surface area contributed by atoms with Gasteiger partial charge in [-0.25, -0.2) is 4.79 Å². The number of benzene rings is 1. The van der Waals surface area contributed by atoms with Crippen molar-refractivity contribution >= 4 is 28.6 Å². The predicted octanol–water partition coefficient (Wildman–Crippen LogP) is 5.17. The maximum Gasteiger partial charge on any atom is 0.407 e. The molecule has 0 aliphatic heterocycles. The van der Waals surface area contributed by atoms with E-state index < -0.39 is 17.8 Å². The van der Waals surface area contributed by atoms with E-state index in [-0.39, 0.29) is 34.5 Å². The molecule has 162 valence electrons. The van der Waals surface area contributed by atoms with E-state index >= 15 is 0 Å². The van der Waals surface area contributed by atoms with Gasteiger partial charge in [-0.15, -0.1) is 0 Å². The second-order valence-electron chi connectivity index (χ2n) is 8.24. The van der Waals surface area contributed by atoms with Crippen molar-refractivity contribution in [2.24, 2.45) is 5.92 Å². The zero-order valence-electron chi connectivity index (χ0n) is 18.0. The van der Waals surface area contributed by atoms with Crippen molar-refractivity contribution in [1.82, 2.24) is 10.3 Å². The van der Waals surface area contributed by atoms with E-state index in [0.29, 0.717) is 10.9 Å². The molecule has 0 aliphatic carbocycles. The van der Waals surface area contributed by atoms with Crippen molar-refractivity contribution in [3.8, 4) is 17.6 Å². The molecular weight excluding hydrogens is 406 g/mol. The summed E-state index contributed by atoms with van der Waals surface area (Å²) >= 11 is 6.31. The van der Waals surface area contributed by atoms with E-state index in [2.05, 4.69) is 17.2 Å². The lowest BCUT2D eigenvalue weighted by Crippen LogP contribution is -2.41. The van der Waals surface area contributed by atoms with E-state index in [9.17, 15) is 15.2 Å². The highest BCUT2D eigenvalue weighted by Gasteiger charge is 2.23. The molecular formula is C22H28ClN3O4. The van der Waals surface area contributed by atoms with Crippen molar-refractivity contribution in [3.63, 3.8) is 0 Å². The number of phenols is 1. The van der Waals surface area contributed by atoms with E-state index in [1.165, 1.54) is 12.3 Å². The number of nitriles is 1. The van der Waals surface area contributed by atoms with Crippen LogP contribution in [0.2, 0.25) is 5.02 Å². The summed E-state index contributed by atoms with van der Waals surface area (Å²) in [7, 11) is 0. The van der Waals surface area contributed by atoms with Crippen molar-refractivity contribution in [1.29, 1.82) is 5.26 Å². The summed E-state index contributed by atoms with van der Waals surface area (Å²) in [6.45, 7) is 9.67. The molecule has 0 aliphatic rings. The van der Waals surface area contributed by atoms with Crippen LogP contribution in [0, 0.1) is 17.2 Å². The minimum Gasteiger partial charge on any atom is -0.504 e. The Morgan fingerprint density at radius 3 is 2.70 bits per heavy atom. The molecule has 1 aromatic heterocycles. The van der Waals surface area contributed by atoms with Crippen molar-refractivity contribution in [3.05, 3.63) is 28.9 Å². The summed E-state index contributed by atoms with van der Waals surface area (Å²) in [5.74, 6) is 0.209. The van der Waals surface area contributed by atoms with E-state index in [1.54, 1.807) is 26.8 Å². The average molecular weight is 434 g/mol. The van der Waals surface area contributed by atoms with Crippen LogP contribution in [-0.2, 0) is 4.74 Å². The Balaban J connectivity index is 2.29. The van der Waals surface area contributed by atoms with Gasteiger partial charge in [-0.1, -0.05) is 31.9 Å². The van der Waals surface area contributed by atoms with Gasteiger partial charge < -0.3 is 19.9 Å². The van der Waals surface area contributed by atoms with E-state index in [4.69, 9.17) is 21.1 Å². The average Bonchev–Trinajstić information content (AvgIpc) is 2.65. The number of hydrogen-bond donors (Lipinski definition) is 2. The third kappa shape index (κ3) is 6.14. The number of pyridine rings is 1. The lowest BCUT2D eigenvalue weighted by Gasteiger charge is -2.27. The summed E-state index contributed by atoms with van der Waals surface area (Å²) < 4.78 is 11.4. The highest BCUT2D eigenvalue weighted by atomic mass is 35.5. The third-order valence-electron chi connectivity index (χ3n) is 4.51. The highest BCUT2D eigenvalue weighted by molar-refractivity contribution is 6.36. The van der Waals surface area contributed by atoms with Crippen LogP contribution in [0.1, 0.15) is 53.0 Å². The summed E-state index contributed by atoms with van der Waals surface area (Å²) in [5, 5.41) is 23.1. The second-order valence-corrected chi connectivity index (χ2v) is 8.62. The van der Waals surface area contributed by atoms with Gasteiger partial charge in [0.15, 0.2) is 11.5 Å². The first-order valence-electron chi connectivity index (χ1n) is 9.90. The van der Waals surface area contributed by atoms with Crippen molar-refractivity contribution < 1.29 is 19.4 Å². The fraction of sp³-hybridized carbons (Fsp3) is 0.500. The number of ether oxygens (including phenoxy) is 2. The Kier molecular flexibility index (Phi) is 7.74. The normalized spacial score (nSPS) is 13.4. The first-order chi connectivity index (χ1) is 14.1. The standard InChI is InChI=1S/C22H28ClN3O4/c1-6-7-13(2)19(12-26-21(28)30-22(3,4)5)29-18-8-15-16(9-17(18)27)25-11-14(10-24)20(15)23/h8-9,11,13,19,27H,6-7,12H2,1-5H3,(H,26,28). The number of phenolic OH excluding ortho intramolecular Hbond substituents is 1. The van der Waals surface area contributed by atoms with Crippen LogP contribution < -0.4 is 10.1 Å². The zero-order valence-corrected chi connectivity index (χ0v) is 18.7. The third-order valence-corrected chi connectivity index (χ3v) is 4.91. The molecule has 7 nitrogen and oxygen atoms in total. The van der Waals surface area contributed by atoms with Crippen LogP contribution >= 0.6 is 11.6 Å². The molecule has 0 bridgehead atoms. The van der Waals surface area contributed by atoms with Crippen molar-refractivity contribution in [2.75, 3.05) is 6.54 Å². The maximum absolute atomic E-state index is 12.1. The molecule has 0 fully saturated rings. The van der Waals surface area contributed by atoms with Gasteiger partial charge in [0, 0.05) is 17.6 Å². The molecule has 0 radical (unpaired) electrons. The van der Waals surface area contributed by atoms with E-state index in [1.807, 2.05) is 13.0 Å². The zero-order chi connectivity index (χ0) is 22.5. The molecule has 2 aromatic rings. The van der Waals surface area contributed by atoms with Crippen LogP contribution in [-0.4, -0.2) is 34.4 Å². The summed E-state index contributed by atoms with van der Waals surface area (Å²) in [6, 6.07) is 5.00. The molecule has 0 saturated heterocycles. The Hall–Kier alpha value is -2.72. The van der Waals surface area contributed by atoms with Gasteiger partial charge in [0.1, 0.15) is 17.8 Å². The summed E-state index contributed by atoms with van der Waals surface area (Å²) in [6.07, 6.45) is 2.23. The molecule has 30 heavy (non-hydrogen) atoms. The number of halogens is 1. The first-order valence-corrected chi connectivity index (χ1v) is 10.3. The van der Waals surface area contributed by atoms with Crippen LogP contribution in [0.25, 0.3) is 10.9 Å². The quantitative estimate of drug-likeness (QED) is 0.623. The SMILES string of the molecule is CCCC(C)C(CNC(=O)OC(C)(C)C)Oc1cc2c(Cl)c(C#N)cnc2cc1O. The molecule has 2 rings (SSSR count). The molecule has 0 spiro atoms. The number of amides is 1. The lowest BCUT2D eigenvalue weighted by atomic mass is 9.99. The number of rotatable bonds is 7. The molecule has 2 atom stereocenters. The number of carbonyl (C=O) groups is 1. The van der Waals surface area contributed by atoms with Gasteiger partial charge >= 0.3 is 6.09 Å². The summed E-state index contributed by atoms with van der Waals surface area (Å²) in [4.78, 5) is 16.2. The Morgan fingerprint density at radius 1 is 1.40 bits per heavy atom. The number of fused-ring (bicyclic) bond motifs is 1. The van der Waals surface area contributed by atoms with Gasteiger partial charge in [-0.05, 0) is 39.2 Å². The van der Waals surface area contributed by atoms with E-state index in [0.717, 1.165) is 12.8 Å². The van der Waals surface area contributed by atoms with Crippen LogP contribution in [0.4, 0.5) is 4.79 Å². The van der Waals surface area contributed by atoms with Gasteiger partial charge in [0.05, 0.1) is 22.6 Å². The Labute approximate surface area is 182 Å². The number of nitrogens with zero attached hydrogens (tertiary/aromatic N) is 2. The smallest absolute Gasteiger partial charge is 0.407 e. The lowest BCUT2D eigenvalue weighted by molar-refractivity contribution is 0.0477. The maximum atomic E-state index is 12.1. The molecule has 8 heteroatoms. The van der Waals surface area contributed by atoms with Gasteiger partial charge in [0.25, 0.3) is 0 Å². The Bertz CT molecular complexity index is 950. The number of nitrogens with one attached hydrogen (secondary N) is 1. The Morgan fingerprint density at radius 2 is 2.10 bits per heavy atom. The number of aromatic nitrogens is 1. The van der Waals surface area contributed by atoms with Crippen molar-refractivity contribution in [2.45, 2.75) is 59.2 Å². The molecule has 2 N–H and O–H groups in total. The van der Waals surface area contributed by atoms with Gasteiger partial charge in [0.2, 0.25) is 0 Å². The largest absolute Gasteiger partial charge is 0.504 e. The van der Waals surface area contributed by atoms with Gasteiger partial charge in [-0.3, -0.25) is 4.98 Å². The fourth-order valence-corrected chi connectivity index (χ4v) is 3.25. The van der Waals surface area contributed by atoms with Crippen LogP contribution in [0.5, 0.6) is 11.5 Å². The number of hydrogen-bond acceptors (Lipinski definition) is 6. The fourth-order valence-electron chi connectivity index (χ4n) is 3.01. The molecule has 0 saturated carbocycles. The minimum absolute atomic E-state index is 0.0956. The molecule has 1 heterocycles. The van der Waals surface area contributed by atoms with Gasteiger partial charge in [-0.2, -0.15) is 5.26 Å².